The molecule has 0 bridgehead atoms. The molecule has 154 valence electrons. The van der Waals surface area contributed by atoms with Crippen molar-refractivity contribution in [3.8, 4) is 11.5 Å². The van der Waals surface area contributed by atoms with Gasteiger partial charge in [0.15, 0.2) is 0 Å². The van der Waals surface area contributed by atoms with Crippen molar-refractivity contribution < 1.29 is 14.3 Å². The zero-order valence-corrected chi connectivity index (χ0v) is 17.9. The van der Waals surface area contributed by atoms with E-state index in [2.05, 4.69) is 16.4 Å². The van der Waals surface area contributed by atoms with E-state index >= 15 is 0 Å². The molecule has 3 aromatic rings. The van der Waals surface area contributed by atoms with E-state index in [0.29, 0.717) is 23.6 Å². The van der Waals surface area contributed by atoms with Crippen LogP contribution in [0.2, 0.25) is 0 Å². The van der Waals surface area contributed by atoms with E-state index < -0.39 is 0 Å². The third kappa shape index (κ3) is 4.76. The van der Waals surface area contributed by atoms with Crippen LogP contribution in [0.4, 0.5) is 5.69 Å². The summed E-state index contributed by atoms with van der Waals surface area (Å²) in [7, 11) is 0. The highest BCUT2D eigenvalue weighted by Crippen LogP contribution is 2.38. The third-order valence-corrected chi connectivity index (χ3v) is 5.87. The van der Waals surface area contributed by atoms with Crippen molar-refractivity contribution in [1.82, 2.24) is 4.98 Å². The lowest BCUT2D eigenvalue weighted by atomic mass is 10.1. The maximum Gasteiger partial charge on any atom is 0.255 e. The highest BCUT2D eigenvalue weighted by Gasteiger charge is 2.22. The van der Waals surface area contributed by atoms with Gasteiger partial charge in [0.2, 0.25) is 0 Å². The van der Waals surface area contributed by atoms with E-state index in [9.17, 15) is 4.79 Å². The molecule has 1 aromatic heterocycles. The summed E-state index contributed by atoms with van der Waals surface area (Å²) in [6.45, 7) is 4.49. The Morgan fingerprint density at radius 2 is 2.10 bits per heavy atom. The Morgan fingerprint density at radius 1 is 1.27 bits per heavy atom. The summed E-state index contributed by atoms with van der Waals surface area (Å²) < 4.78 is 11.6. The van der Waals surface area contributed by atoms with E-state index in [4.69, 9.17) is 9.47 Å². The Balaban J connectivity index is 1.44. The molecule has 4 rings (SSSR count). The highest BCUT2D eigenvalue weighted by molar-refractivity contribution is 7.98. The van der Waals surface area contributed by atoms with Crippen molar-refractivity contribution in [2.75, 3.05) is 11.9 Å². The van der Waals surface area contributed by atoms with Gasteiger partial charge in [-0.1, -0.05) is 6.07 Å². The topological polar surface area (TPSA) is 60.5 Å². The summed E-state index contributed by atoms with van der Waals surface area (Å²) in [5, 5.41) is 2.97. The quantitative estimate of drug-likeness (QED) is 0.522. The number of ether oxygens (including phenoxy) is 2. The summed E-state index contributed by atoms with van der Waals surface area (Å²) >= 11 is 1.71. The number of hydrogen-bond acceptors (Lipinski definition) is 5. The molecule has 0 saturated carbocycles. The van der Waals surface area contributed by atoms with Crippen LogP contribution < -0.4 is 14.8 Å². The molecule has 5 nitrogen and oxygen atoms in total. The summed E-state index contributed by atoms with van der Waals surface area (Å²) in [6.07, 6.45) is 4.62. The first-order valence-electron chi connectivity index (χ1n) is 10.0. The predicted octanol–water partition coefficient (Wildman–Crippen LogP) is 5.35. The minimum Gasteiger partial charge on any atom is -0.492 e. The highest BCUT2D eigenvalue weighted by atomic mass is 32.2. The zero-order valence-electron chi connectivity index (χ0n) is 17.1. The lowest BCUT2D eigenvalue weighted by Gasteiger charge is -2.14. The van der Waals surface area contributed by atoms with Crippen LogP contribution in [0.3, 0.4) is 0 Å². The summed E-state index contributed by atoms with van der Waals surface area (Å²) in [5.74, 6) is 2.14. The van der Waals surface area contributed by atoms with Gasteiger partial charge in [-0.05, 0) is 55.8 Å². The summed E-state index contributed by atoms with van der Waals surface area (Å²) in [5.41, 5.74) is 3.50. The van der Waals surface area contributed by atoms with Crippen LogP contribution in [0.25, 0.3) is 0 Å². The molecular formula is C24H24N2O3S. The summed E-state index contributed by atoms with van der Waals surface area (Å²) in [4.78, 5) is 18.0. The minimum atomic E-state index is -0.175. The van der Waals surface area contributed by atoms with Gasteiger partial charge in [0.25, 0.3) is 5.91 Å². The van der Waals surface area contributed by atoms with Crippen molar-refractivity contribution in [3.05, 3.63) is 77.6 Å². The van der Waals surface area contributed by atoms with Crippen molar-refractivity contribution in [2.45, 2.75) is 37.0 Å². The number of carbonyl (C=O) groups is 1. The lowest BCUT2D eigenvalue weighted by molar-refractivity contribution is 0.102. The van der Waals surface area contributed by atoms with Crippen LogP contribution in [-0.4, -0.2) is 23.6 Å². The number of carbonyl (C=O) groups excluding carboxylic acids is 1. The molecule has 1 aliphatic rings. The van der Waals surface area contributed by atoms with E-state index in [1.165, 1.54) is 5.56 Å². The second-order valence-corrected chi connectivity index (χ2v) is 8.20. The Labute approximate surface area is 180 Å². The van der Waals surface area contributed by atoms with Crippen LogP contribution in [0.15, 0.2) is 65.8 Å². The van der Waals surface area contributed by atoms with Gasteiger partial charge in [-0.2, -0.15) is 0 Å². The molecule has 2 heterocycles. The molecule has 1 N–H and O–H groups in total. The van der Waals surface area contributed by atoms with Crippen LogP contribution >= 0.6 is 11.8 Å². The Hall–Kier alpha value is -2.99. The molecule has 0 aliphatic carbocycles. The molecule has 1 unspecified atom stereocenters. The molecule has 1 amide bonds. The fraction of sp³-hybridized carbons (Fsp3) is 0.250. The van der Waals surface area contributed by atoms with E-state index in [0.717, 1.165) is 28.4 Å². The van der Waals surface area contributed by atoms with Gasteiger partial charge < -0.3 is 14.8 Å². The van der Waals surface area contributed by atoms with Gasteiger partial charge in [-0.25, -0.2) is 0 Å². The molecule has 0 spiro atoms. The second kappa shape index (κ2) is 9.22. The molecule has 0 fully saturated rings. The number of nitrogens with one attached hydrogen (secondary N) is 1. The van der Waals surface area contributed by atoms with E-state index in [1.54, 1.807) is 18.0 Å². The smallest absolute Gasteiger partial charge is 0.255 e. The molecule has 2 aromatic carbocycles. The number of amides is 1. The van der Waals surface area contributed by atoms with Crippen LogP contribution in [-0.2, 0) is 12.2 Å². The number of benzene rings is 2. The standard InChI is InChI=1S/C24H24N2O3S/c1-3-28-23-12-19-11-16(2)29-22(19)13-21(23)26-24(27)18-6-8-20(9-7-18)30-15-17-5-4-10-25-14-17/h4-10,12-14,16H,3,11,15H2,1-2H3,(H,26,27). The monoisotopic (exact) mass is 420 g/mol. The predicted molar refractivity (Wildman–Crippen MR) is 120 cm³/mol. The van der Waals surface area contributed by atoms with Crippen molar-refractivity contribution in [2.24, 2.45) is 0 Å². The Morgan fingerprint density at radius 3 is 2.83 bits per heavy atom. The number of thioether (sulfide) groups is 1. The SMILES string of the molecule is CCOc1cc2c(cc1NC(=O)c1ccc(SCc3cccnc3)cc1)OC(C)C2. The number of aromatic nitrogens is 1. The Bertz CT molecular complexity index is 1020. The summed E-state index contributed by atoms with van der Waals surface area (Å²) in [6, 6.07) is 15.4. The molecule has 1 atom stereocenters. The Kier molecular flexibility index (Phi) is 6.23. The van der Waals surface area contributed by atoms with Crippen molar-refractivity contribution in [1.29, 1.82) is 0 Å². The van der Waals surface area contributed by atoms with E-state index in [-0.39, 0.29) is 12.0 Å². The van der Waals surface area contributed by atoms with Crippen LogP contribution in [0, 0.1) is 0 Å². The van der Waals surface area contributed by atoms with Crippen molar-refractivity contribution >= 4 is 23.4 Å². The van der Waals surface area contributed by atoms with E-state index in [1.807, 2.05) is 62.5 Å². The zero-order chi connectivity index (χ0) is 20.9. The van der Waals surface area contributed by atoms with Gasteiger partial charge in [0.05, 0.1) is 12.3 Å². The average Bonchev–Trinajstić information content (AvgIpc) is 3.12. The number of hydrogen-bond donors (Lipinski definition) is 1. The average molecular weight is 421 g/mol. The molecule has 0 saturated heterocycles. The fourth-order valence-electron chi connectivity index (χ4n) is 3.36. The number of fused-ring (bicyclic) bond motifs is 1. The van der Waals surface area contributed by atoms with Gasteiger partial charge in [-0.15, -0.1) is 11.8 Å². The number of nitrogens with zero attached hydrogens (tertiary/aromatic N) is 1. The van der Waals surface area contributed by atoms with Gasteiger partial charge in [0, 0.05) is 46.7 Å². The number of pyridine rings is 1. The maximum atomic E-state index is 12.8. The van der Waals surface area contributed by atoms with Crippen LogP contribution in [0.1, 0.15) is 35.3 Å². The lowest BCUT2D eigenvalue weighted by Crippen LogP contribution is -2.13. The first-order valence-corrected chi connectivity index (χ1v) is 11.0. The molecule has 6 heteroatoms. The largest absolute Gasteiger partial charge is 0.492 e. The molecule has 30 heavy (non-hydrogen) atoms. The number of rotatable bonds is 7. The third-order valence-electron chi connectivity index (χ3n) is 4.79. The fourth-order valence-corrected chi connectivity index (χ4v) is 4.19. The van der Waals surface area contributed by atoms with Gasteiger partial charge in [-0.3, -0.25) is 9.78 Å². The maximum absolute atomic E-state index is 12.8. The molecular weight excluding hydrogens is 396 g/mol. The second-order valence-electron chi connectivity index (χ2n) is 7.15. The first-order chi connectivity index (χ1) is 14.6. The van der Waals surface area contributed by atoms with Gasteiger partial charge in [0.1, 0.15) is 17.6 Å². The van der Waals surface area contributed by atoms with Gasteiger partial charge >= 0.3 is 0 Å². The molecule has 1 aliphatic heterocycles. The normalized spacial score (nSPS) is 14.7. The van der Waals surface area contributed by atoms with Crippen molar-refractivity contribution in [3.63, 3.8) is 0 Å². The number of anilines is 1. The molecule has 0 radical (unpaired) electrons. The first kappa shape index (κ1) is 20.3. The minimum absolute atomic E-state index is 0.136. The van der Waals surface area contributed by atoms with Crippen LogP contribution in [0.5, 0.6) is 11.5 Å².